The first kappa shape index (κ1) is 14.4. The molecule has 1 heterocycles. The summed E-state index contributed by atoms with van der Waals surface area (Å²) in [6.07, 6.45) is 0. The lowest BCUT2D eigenvalue weighted by Crippen LogP contribution is -2.36. The van der Waals surface area contributed by atoms with Gasteiger partial charge in [-0.05, 0) is 32.9 Å². The molecule has 0 bridgehead atoms. The number of carbonyl (C=O) groups is 1. The molecular weight excluding hydrogens is 254 g/mol. The maximum atomic E-state index is 12.4. The number of para-hydroxylation sites is 2. The zero-order chi connectivity index (χ0) is 14.7. The van der Waals surface area contributed by atoms with Gasteiger partial charge in [-0.3, -0.25) is 13.9 Å². The standard InChI is InChI=1S/C15H21N3O2/c1-4-16(5-2)14(19)11-18-13-10-8-7-9-12(13)17(6-3)15(18)20/h7-10H,4-6,11H2,1-3H3. The largest absolute Gasteiger partial charge is 0.342 e. The summed E-state index contributed by atoms with van der Waals surface area (Å²) < 4.78 is 3.27. The van der Waals surface area contributed by atoms with Gasteiger partial charge in [0, 0.05) is 19.6 Å². The molecule has 1 aromatic heterocycles. The van der Waals surface area contributed by atoms with Crippen LogP contribution in [0.2, 0.25) is 0 Å². The van der Waals surface area contributed by atoms with Gasteiger partial charge in [-0.15, -0.1) is 0 Å². The summed E-state index contributed by atoms with van der Waals surface area (Å²) in [6, 6.07) is 7.60. The van der Waals surface area contributed by atoms with Crippen LogP contribution in [-0.4, -0.2) is 33.0 Å². The number of fused-ring (bicyclic) bond motifs is 1. The molecule has 2 rings (SSSR count). The first-order chi connectivity index (χ1) is 9.63. The molecule has 0 saturated heterocycles. The van der Waals surface area contributed by atoms with Gasteiger partial charge in [0.15, 0.2) is 0 Å². The van der Waals surface area contributed by atoms with Gasteiger partial charge in [0.1, 0.15) is 6.54 Å². The Morgan fingerprint density at radius 1 is 1.05 bits per heavy atom. The zero-order valence-corrected chi connectivity index (χ0v) is 12.3. The lowest BCUT2D eigenvalue weighted by molar-refractivity contribution is -0.131. The molecule has 0 unspecified atom stereocenters. The highest BCUT2D eigenvalue weighted by Crippen LogP contribution is 2.12. The molecule has 0 radical (unpaired) electrons. The van der Waals surface area contributed by atoms with E-state index in [1.165, 1.54) is 0 Å². The van der Waals surface area contributed by atoms with Gasteiger partial charge in [0.2, 0.25) is 5.91 Å². The van der Waals surface area contributed by atoms with Gasteiger partial charge in [-0.25, -0.2) is 4.79 Å². The van der Waals surface area contributed by atoms with Crippen LogP contribution in [0.15, 0.2) is 29.1 Å². The van der Waals surface area contributed by atoms with Crippen molar-refractivity contribution < 1.29 is 4.79 Å². The highest BCUT2D eigenvalue weighted by molar-refractivity contribution is 5.81. The van der Waals surface area contributed by atoms with E-state index in [4.69, 9.17) is 0 Å². The smallest absolute Gasteiger partial charge is 0.329 e. The summed E-state index contributed by atoms with van der Waals surface area (Å²) in [5, 5.41) is 0. The van der Waals surface area contributed by atoms with Crippen LogP contribution in [0.25, 0.3) is 11.0 Å². The summed E-state index contributed by atoms with van der Waals surface area (Å²) in [4.78, 5) is 26.4. The van der Waals surface area contributed by atoms with Crippen LogP contribution < -0.4 is 5.69 Å². The number of nitrogens with zero attached hydrogens (tertiary/aromatic N) is 3. The van der Waals surface area contributed by atoms with Crippen LogP contribution in [0, 0.1) is 0 Å². The number of rotatable bonds is 5. The van der Waals surface area contributed by atoms with E-state index in [-0.39, 0.29) is 18.1 Å². The molecule has 0 aliphatic carbocycles. The van der Waals surface area contributed by atoms with Gasteiger partial charge in [0.05, 0.1) is 11.0 Å². The number of hydrogen-bond acceptors (Lipinski definition) is 2. The first-order valence-corrected chi connectivity index (χ1v) is 7.09. The van der Waals surface area contributed by atoms with Gasteiger partial charge in [0.25, 0.3) is 0 Å². The van der Waals surface area contributed by atoms with E-state index in [1.54, 1.807) is 14.0 Å². The second kappa shape index (κ2) is 5.94. The zero-order valence-electron chi connectivity index (χ0n) is 12.3. The van der Waals surface area contributed by atoms with Crippen molar-refractivity contribution in [1.82, 2.24) is 14.0 Å². The topological polar surface area (TPSA) is 47.2 Å². The fraction of sp³-hybridized carbons (Fsp3) is 0.467. The summed E-state index contributed by atoms with van der Waals surface area (Å²) >= 11 is 0. The second-order valence-electron chi connectivity index (χ2n) is 4.67. The van der Waals surface area contributed by atoms with E-state index in [2.05, 4.69) is 0 Å². The molecule has 0 saturated carbocycles. The van der Waals surface area contributed by atoms with Crippen LogP contribution in [0.5, 0.6) is 0 Å². The van der Waals surface area contributed by atoms with Crippen molar-refractivity contribution in [2.45, 2.75) is 33.9 Å². The lowest BCUT2D eigenvalue weighted by atomic mass is 10.3. The van der Waals surface area contributed by atoms with E-state index in [1.807, 2.05) is 45.0 Å². The van der Waals surface area contributed by atoms with Crippen molar-refractivity contribution in [1.29, 1.82) is 0 Å². The predicted molar refractivity (Wildman–Crippen MR) is 79.8 cm³/mol. The molecule has 20 heavy (non-hydrogen) atoms. The van der Waals surface area contributed by atoms with Crippen LogP contribution >= 0.6 is 0 Å². The van der Waals surface area contributed by atoms with Crippen LogP contribution in [-0.2, 0) is 17.9 Å². The van der Waals surface area contributed by atoms with Gasteiger partial charge >= 0.3 is 5.69 Å². The maximum Gasteiger partial charge on any atom is 0.329 e. The van der Waals surface area contributed by atoms with Crippen LogP contribution in [0.3, 0.4) is 0 Å². The Balaban J connectivity index is 2.47. The minimum absolute atomic E-state index is 0.0175. The Kier molecular flexibility index (Phi) is 4.27. The second-order valence-corrected chi connectivity index (χ2v) is 4.67. The lowest BCUT2D eigenvalue weighted by Gasteiger charge is -2.18. The fourth-order valence-electron chi connectivity index (χ4n) is 2.54. The van der Waals surface area contributed by atoms with Gasteiger partial charge < -0.3 is 4.90 Å². The molecule has 0 atom stereocenters. The van der Waals surface area contributed by atoms with Gasteiger partial charge in [-0.1, -0.05) is 12.1 Å². The Morgan fingerprint density at radius 2 is 1.60 bits per heavy atom. The van der Waals surface area contributed by atoms with E-state index >= 15 is 0 Å². The average Bonchev–Trinajstić information content (AvgIpc) is 2.73. The molecule has 0 spiro atoms. The van der Waals surface area contributed by atoms with Crippen molar-refractivity contribution in [3.8, 4) is 0 Å². The first-order valence-electron chi connectivity index (χ1n) is 7.09. The Hall–Kier alpha value is -2.04. The Labute approximate surface area is 118 Å². The summed E-state index contributed by atoms with van der Waals surface area (Å²) in [6.45, 7) is 7.86. The molecule has 1 aromatic carbocycles. The highest BCUT2D eigenvalue weighted by Gasteiger charge is 2.16. The van der Waals surface area contributed by atoms with E-state index in [0.717, 1.165) is 11.0 Å². The third kappa shape index (κ3) is 2.35. The maximum absolute atomic E-state index is 12.4. The molecule has 0 N–H and O–H groups in total. The van der Waals surface area contributed by atoms with E-state index in [9.17, 15) is 9.59 Å². The SMILES string of the molecule is CCN(CC)C(=O)Cn1c(=O)n(CC)c2ccccc21. The third-order valence-corrected chi connectivity index (χ3v) is 3.65. The van der Waals surface area contributed by atoms with Gasteiger partial charge in [-0.2, -0.15) is 0 Å². The molecule has 0 fully saturated rings. The summed E-state index contributed by atoms with van der Waals surface area (Å²) in [5.74, 6) is -0.0175. The molecule has 5 nitrogen and oxygen atoms in total. The molecule has 0 aliphatic heterocycles. The molecule has 1 amide bonds. The quantitative estimate of drug-likeness (QED) is 0.833. The third-order valence-electron chi connectivity index (χ3n) is 3.65. The number of hydrogen-bond donors (Lipinski definition) is 0. The number of aryl methyl sites for hydroxylation is 1. The number of benzene rings is 1. The number of amides is 1. The molecule has 108 valence electrons. The fourth-order valence-corrected chi connectivity index (χ4v) is 2.54. The Morgan fingerprint density at radius 3 is 2.10 bits per heavy atom. The molecule has 0 aliphatic rings. The monoisotopic (exact) mass is 275 g/mol. The molecular formula is C15H21N3O2. The summed E-state index contributed by atoms with van der Waals surface area (Å²) in [7, 11) is 0. The number of imidazole rings is 1. The number of likely N-dealkylation sites (N-methyl/N-ethyl adjacent to an activating group) is 1. The number of carbonyl (C=O) groups excluding carboxylic acids is 1. The minimum Gasteiger partial charge on any atom is -0.342 e. The highest BCUT2D eigenvalue weighted by atomic mass is 16.2. The average molecular weight is 275 g/mol. The van der Waals surface area contributed by atoms with E-state index < -0.39 is 0 Å². The molecule has 5 heteroatoms. The molecule has 2 aromatic rings. The van der Waals surface area contributed by atoms with Crippen LogP contribution in [0.4, 0.5) is 0 Å². The van der Waals surface area contributed by atoms with Crippen molar-refractivity contribution in [3.63, 3.8) is 0 Å². The van der Waals surface area contributed by atoms with Crippen molar-refractivity contribution in [3.05, 3.63) is 34.7 Å². The minimum atomic E-state index is -0.116. The predicted octanol–water partition coefficient (Wildman–Crippen LogP) is 1.69. The van der Waals surface area contributed by atoms with Crippen molar-refractivity contribution in [2.24, 2.45) is 0 Å². The number of aromatic nitrogens is 2. The summed E-state index contributed by atoms with van der Waals surface area (Å²) in [5.41, 5.74) is 1.58. The van der Waals surface area contributed by atoms with Crippen molar-refractivity contribution in [2.75, 3.05) is 13.1 Å². The van der Waals surface area contributed by atoms with Crippen molar-refractivity contribution >= 4 is 16.9 Å². The normalized spacial score (nSPS) is 10.9. The Bertz CT molecular complexity index is 665. The van der Waals surface area contributed by atoms with Crippen LogP contribution in [0.1, 0.15) is 20.8 Å². The van der Waals surface area contributed by atoms with E-state index in [0.29, 0.717) is 19.6 Å².